The van der Waals surface area contributed by atoms with Crippen molar-refractivity contribution in [2.45, 2.75) is 456 Å². The molecule has 0 aromatic carbocycles. The third kappa shape index (κ3) is 71.3. The average Bonchev–Trinajstić information content (AvgIpc) is 3.51. The molecule has 85 heavy (non-hydrogen) atoms. The molecule has 0 rings (SSSR count). The van der Waals surface area contributed by atoms with Crippen LogP contribution >= 0.6 is 0 Å². The molecule has 0 aromatic rings. The van der Waals surface area contributed by atoms with Gasteiger partial charge in [0.25, 0.3) is 0 Å². The number of rotatable bonds is 74. The quantitative estimate of drug-likeness (QED) is 0.0320. The summed E-state index contributed by atoms with van der Waals surface area (Å²) in [5.41, 5.74) is 0. The molecule has 0 fully saturated rings. The molecule has 0 radical (unpaired) electrons. The van der Waals surface area contributed by atoms with E-state index in [0.29, 0.717) is 19.4 Å². The molecule has 1 amide bonds. The zero-order valence-electron chi connectivity index (χ0n) is 57.9. The van der Waals surface area contributed by atoms with Crippen LogP contribution in [-0.4, -0.2) is 47.4 Å². The Morgan fingerprint density at radius 2 is 0.553 bits per heavy atom. The summed E-state index contributed by atoms with van der Waals surface area (Å²) in [5.74, 6) is -0.0449. The molecule has 0 aliphatic heterocycles. The summed E-state index contributed by atoms with van der Waals surface area (Å²) in [6, 6.07) is -0.624. The number of aliphatic hydroxyl groups is 2. The Labute approximate surface area is 532 Å². The molecule has 0 aliphatic carbocycles. The first kappa shape index (κ1) is 83.3. The fourth-order valence-electron chi connectivity index (χ4n) is 12.5. The summed E-state index contributed by atoms with van der Waals surface area (Å²) < 4.78 is 5.48. The molecule has 0 saturated heterocycles. The lowest BCUT2D eigenvalue weighted by Crippen LogP contribution is -2.45. The number of allylic oxidation sites excluding steroid dienone is 3. The minimum absolute atomic E-state index is 0.0130. The maximum absolute atomic E-state index is 12.5. The molecule has 0 heterocycles. The van der Waals surface area contributed by atoms with Gasteiger partial charge in [0.05, 0.1) is 25.4 Å². The first-order valence-electron chi connectivity index (χ1n) is 39.1. The number of carbonyl (C=O) groups is 2. The van der Waals surface area contributed by atoms with Crippen molar-refractivity contribution < 1.29 is 24.5 Å². The monoisotopic (exact) mass is 1200 g/mol. The summed E-state index contributed by atoms with van der Waals surface area (Å²) in [4.78, 5) is 24.6. The molecule has 0 saturated carbocycles. The van der Waals surface area contributed by atoms with Crippen molar-refractivity contribution in [3.63, 3.8) is 0 Å². The highest BCUT2D eigenvalue weighted by molar-refractivity contribution is 5.76. The van der Waals surface area contributed by atoms with Gasteiger partial charge in [0.2, 0.25) is 5.91 Å². The normalized spacial score (nSPS) is 12.6. The van der Waals surface area contributed by atoms with Crippen LogP contribution in [0.4, 0.5) is 0 Å². The van der Waals surface area contributed by atoms with Gasteiger partial charge >= 0.3 is 5.97 Å². The fourth-order valence-corrected chi connectivity index (χ4v) is 12.5. The molecular weight excluding hydrogens is 1040 g/mol. The number of nitrogens with one attached hydrogen (secondary N) is 1. The topological polar surface area (TPSA) is 95.9 Å². The van der Waals surface area contributed by atoms with Gasteiger partial charge in [-0.15, -0.1) is 0 Å². The van der Waals surface area contributed by atoms with E-state index < -0.39 is 12.1 Å². The third-order valence-electron chi connectivity index (χ3n) is 18.5. The second kappa shape index (κ2) is 74.8. The van der Waals surface area contributed by atoms with Gasteiger partial charge in [0.1, 0.15) is 0 Å². The van der Waals surface area contributed by atoms with Gasteiger partial charge < -0.3 is 20.3 Å². The standard InChI is InChI=1S/C79H153NO5/c1-3-5-7-9-11-13-15-17-18-19-20-36-39-42-45-48-51-55-59-63-67-71-77(82)76(75-81)80-78(83)72-68-64-60-56-52-49-46-43-40-37-34-32-30-28-26-24-22-21-23-25-27-29-31-33-35-38-41-44-47-50-54-58-62-66-70-74-85-79(84)73-69-65-61-57-53-16-14-12-10-8-6-4-2/h12,14,67,71,76-77,81-82H,3-11,13,15-66,68-70,72-75H2,1-2H3,(H,80,83)/b14-12-,71-67+. The fraction of sp³-hybridized carbons (Fsp3) is 0.924. The van der Waals surface area contributed by atoms with E-state index in [0.717, 1.165) is 44.9 Å². The Hall–Kier alpha value is -1.66. The summed E-state index contributed by atoms with van der Waals surface area (Å²) in [6.45, 7) is 4.93. The van der Waals surface area contributed by atoms with E-state index in [9.17, 15) is 19.8 Å². The van der Waals surface area contributed by atoms with Crippen LogP contribution in [0.1, 0.15) is 444 Å². The van der Waals surface area contributed by atoms with Crippen LogP contribution in [0.5, 0.6) is 0 Å². The second-order valence-corrected chi connectivity index (χ2v) is 27.0. The van der Waals surface area contributed by atoms with Crippen LogP contribution in [0.25, 0.3) is 0 Å². The maximum Gasteiger partial charge on any atom is 0.305 e. The summed E-state index contributed by atoms with van der Waals surface area (Å²) >= 11 is 0. The van der Waals surface area contributed by atoms with Crippen LogP contribution in [0.3, 0.4) is 0 Å². The van der Waals surface area contributed by atoms with Crippen molar-refractivity contribution in [2.24, 2.45) is 0 Å². The van der Waals surface area contributed by atoms with E-state index in [2.05, 4.69) is 31.3 Å². The van der Waals surface area contributed by atoms with Crippen molar-refractivity contribution in [3.05, 3.63) is 24.3 Å². The molecule has 504 valence electrons. The molecule has 2 unspecified atom stereocenters. The SMILES string of the molecule is CCCCC/C=C\CCCCCCCC(=O)OCCCCCCCCCCCCCCCCCCCCCCCCCCCCCCCCCCCCCC(=O)NC(CO)C(O)/C=C/CCCCCCCCCCCCCCCCCCCCC. The summed E-state index contributed by atoms with van der Waals surface area (Å²) in [7, 11) is 0. The van der Waals surface area contributed by atoms with Crippen molar-refractivity contribution in [3.8, 4) is 0 Å². The number of unbranched alkanes of at least 4 members (excludes halogenated alkanes) is 61. The zero-order chi connectivity index (χ0) is 61.3. The van der Waals surface area contributed by atoms with Gasteiger partial charge in [-0.3, -0.25) is 9.59 Å². The Morgan fingerprint density at radius 3 is 0.859 bits per heavy atom. The smallest absolute Gasteiger partial charge is 0.305 e. The molecule has 3 N–H and O–H groups in total. The minimum atomic E-state index is -0.841. The lowest BCUT2D eigenvalue weighted by molar-refractivity contribution is -0.143. The van der Waals surface area contributed by atoms with E-state index in [1.54, 1.807) is 6.08 Å². The highest BCUT2D eigenvalue weighted by atomic mass is 16.5. The number of esters is 1. The highest BCUT2D eigenvalue weighted by Crippen LogP contribution is 2.20. The maximum atomic E-state index is 12.5. The van der Waals surface area contributed by atoms with Crippen LogP contribution in [0.2, 0.25) is 0 Å². The molecule has 6 heteroatoms. The largest absolute Gasteiger partial charge is 0.466 e. The molecule has 2 atom stereocenters. The Balaban J connectivity index is 3.34. The van der Waals surface area contributed by atoms with Crippen molar-refractivity contribution in [2.75, 3.05) is 13.2 Å². The van der Waals surface area contributed by atoms with E-state index in [4.69, 9.17) is 4.74 Å². The molecule has 6 nitrogen and oxygen atoms in total. The second-order valence-electron chi connectivity index (χ2n) is 27.0. The van der Waals surface area contributed by atoms with E-state index in [1.165, 1.54) is 372 Å². The first-order valence-corrected chi connectivity index (χ1v) is 39.1. The predicted octanol–water partition coefficient (Wildman–Crippen LogP) is 25.7. The number of hydrogen-bond acceptors (Lipinski definition) is 5. The van der Waals surface area contributed by atoms with E-state index in [1.807, 2.05) is 6.08 Å². The van der Waals surface area contributed by atoms with Gasteiger partial charge in [-0.25, -0.2) is 0 Å². The predicted molar refractivity (Wildman–Crippen MR) is 375 cm³/mol. The van der Waals surface area contributed by atoms with Gasteiger partial charge in [0, 0.05) is 12.8 Å². The number of carbonyl (C=O) groups excluding carboxylic acids is 2. The molecular formula is C79H153NO5. The number of aliphatic hydroxyl groups excluding tert-OH is 2. The lowest BCUT2D eigenvalue weighted by atomic mass is 10.0. The molecule has 0 aromatic heterocycles. The lowest BCUT2D eigenvalue weighted by Gasteiger charge is -2.20. The summed E-state index contributed by atoms with van der Waals surface area (Å²) in [5, 5.41) is 23.3. The van der Waals surface area contributed by atoms with Crippen molar-refractivity contribution >= 4 is 11.9 Å². The first-order chi connectivity index (χ1) is 42.0. The van der Waals surface area contributed by atoms with Gasteiger partial charge in [0.15, 0.2) is 0 Å². The minimum Gasteiger partial charge on any atom is -0.466 e. The van der Waals surface area contributed by atoms with Crippen LogP contribution in [0, 0.1) is 0 Å². The van der Waals surface area contributed by atoms with Crippen LogP contribution in [0.15, 0.2) is 24.3 Å². The van der Waals surface area contributed by atoms with Crippen LogP contribution < -0.4 is 5.32 Å². The van der Waals surface area contributed by atoms with Gasteiger partial charge in [-0.1, -0.05) is 398 Å². The van der Waals surface area contributed by atoms with Gasteiger partial charge in [-0.05, 0) is 57.8 Å². The molecule has 0 aliphatic rings. The van der Waals surface area contributed by atoms with E-state index in [-0.39, 0.29) is 18.5 Å². The number of ether oxygens (including phenoxy) is 1. The summed E-state index contributed by atoms with van der Waals surface area (Å²) in [6.07, 6.45) is 95.9. The number of hydrogen-bond donors (Lipinski definition) is 3. The molecule has 0 bridgehead atoms. The van der Waals surface area contributed by atoms with Crippen molar-refractivity contribution in [1.29, 1.82) is 0 Å². The van der Waals surface area contributed by atoms with Gasteiger partial charge in [-0.2, -0.15) is 0 Å². The Morgan fingerprint density at radius 1 is 0.318 bits per heavy atom. The van der Waals surface area contributed by atoms with Crippen molar-refractivity contribution in [1.82, 2.24) is 5.32 Å². The Bertz CT molecular complexity index is 1330. The third-order valence-corrected chi connectivity index (χ3v) is 18.5. The molecule has 0 spiro atoms. The zero-order valence-corrected chi connectivity index (χ0v) is 57.9. The Kier molecular flexibility index (Phi) is 73.3. The highest BCUT2D eigenvalue weighted by Gasteiger charge is 2.18. The average molecular weight is 1200 g/mol. The van der Waals surface area contributed by atoms with Crippen LogP contribution in [-0.2, 0) is 14.3 Å². The van der Waals surface area contributed by atoms with E-state index >= 15 is 0 Å². The number of amides is 1.